The van der Waals surface area contributed by atoms with Gasteiger partial charge >= 0.3 is 0 Å². The van der Waals surface area contributed by atoms with Crippen LogP contribution in [0.5, 0.6) is 5.75 Å². The minimum atomic E-state index is -0.244. The Bertz CT molecular complexity index is 430. The van der Waals surface area contributed by atoms with Crippen molar-refractivity contribution >= 4 is 11.8 Å². The molecule has 0 fully saturated rings. The molecule has 1 aromatic rings. The lowest BCUT2D eigenvalue weighted by molar-refractivity contribution is -0.120. The SMILES string of the molecule is CNC(=O)CCNC(=O)c1ccc(O)cc1C. The molecule has 92 valence electrons. The first-order chi connectivity index (χ1) is 8.04. The zero-order chi connectivity index (χ0) is 12.8. The van der Waals surface area contributed by atoms with E-state index in [1.165, 1.54) is 12.1 Å². The second-order valence-corrected chi connectivity index (χ2v) is 3.68. The van der Waals surface area contributed by atoms with Gasteiger partial charge in [0.25, 0.3) is 5.91 Å². The molecule has 17 heavy (non-hydrogen) atoms. The molecule has 0 bridgehead atoms. The van der Waals surface area contributed by atoms with Crippen LogP contribution >= 0.6 is 0 Å². The fourth-order valence-electron chi connectivity index (χ4n) is 1.41. The van der Waals surface area contributed by atoms with Gasteiger partial charge in [0, 0.05) is 25.6 Å². The lowest BCUT2D eigenvalue weighted by Gasteiger charge is -2.07. The molecule has 0 atom stereocenters. The Morgan fingerprint density at radius 1 is 1.35 bits per heavy atom. The molecule has 0 aliphatic heterocycles. The van der Waals surface area contributed by atoms with E-state index in [0.29, 0.717) is 17.7 Å². The molecule has 0 aromatic heterocycles. The molecule has 0 heterocycles. The second-order valence-electron chi connectivity index (χ2n) is 3.68. The number of nitrogens with one attached hydrogen (secondary N) is 2. The Morgan fingerprint density at radius 2 is 2.06 bits per heavy atom. The predicted molar refractivity (Wildman–Crippen MR) is 63.9 cm³/mol. The highest BCUT2D eigenvalue weighted by atomic mass is 16.3. The van der Waals surface area contributed by atoms with Crippen molar-refractivity contribution in [1.29, 1.82) is 0 Å². The minimum absolute atomic E-state index is 0.118. The predicted octanol–water partition coefficient (Wildman–Crippen LogP) is 0.567. The summed E-state index contributed by atoms with van der Waals surface area (Å²) in [5.74, 6) is -0.233. The summed E-state index contributed by atoms with van der Waals surface area (Å²) in [6.45, 7) is 2.03. The molecule has 0 saturated carbocycles. The second kappa shape index (κ2) is 5.89. The molecular formula is C12H16N2O3. The Hall–Kier alpha value is -2.04. The smallest absolute Gasteiger partial charge is 0.251 e. The van der Waals surface area contributed by atoms with Gasteiger partial charge in [-0.25, -0.2) is 0 Å². The van der Waals surface area contributed by atoms with E-state index in [4.69, 9.17) is 0 Å². The minimum Gasteiger partial charge on any atom is -0.508 e. The number of amides is 2. The maximum Gasteiger partial charge on any atom is 0.251 e. The molecule has 2 amide bonds. The third-order valence-electron chi connectivity index (χ3n) is 2.37. The molecular weight excluding hydrogens is 220 g/mol. The monoisotopic (exact) mass is 236 g/mol. The summed E-state index contributed by atoms with van der Waals surface area (Å²) < 4.78 is 0. The average Bonchev–Trinajstić information content (AvgIpc) is 2.28. The van der Waals surface area contributed by atoms with Gasteiger partial charge in [-0.15, -0.1) is 0 Å². The number of rotatable bonds is 4. The van der Waals surface area contributed by atoms with Gasteiger partial charge in [-0.2, -0.15) is 0 Å². The lowest BCUT2D eigenvalue weighted by Crippen LogP contribution is -2.29. The van der Waals surface area contributed by atoms with Crippen LogP contribution in [0, 0.1) is 6.92 Å². The van der Waals surface area contributed by atoms with Gasteiger partial charge in [0.2, 0.25) is 5.91 Å². The van der Waals surface area contributed by atoms with Crippen molar-refractivity contribution in [3.05, 3.63) is 29.3 Å². The summed E-state index contributed by atoms with van der Waals surface area (Å²) >= 11 is 0. The highest BCUT2D eigenvalue weighted by Crippen LogP contribution is 2.15. The summed E-state index contributed by atoms with van der Waals surface area (Å²) in [6, 6.07) is 4.54. The molecule has 5 nitrogen and oxygen atoms in total. The number of aryl methyl sites for hydroxylation is 1. The fraction of sp³-hybridized carbons (Fsp3) is 0.333. The van der Waals surface area contributed by atoms with Crippen LogP contribution in [0.2, 0.25) is 0 Å². The Labute approximate surface area is 99.8 Å². The number of hydrogen-bond donors (Lipinski definition) is 3. The van der Waals surface area contributed by atoms with Gasteiger partial charge in [-0.1, -0.05) is 0 Å². The van der Waals surface area contributed by atoms with Gasteiger partial charge in [-0.05, 0) is 30.7 Å². The quantitative estimate of drug-likeness (QED) is 0.715. The summed E-state index contributed by atoms with van der Waals surface area (Å²) in [6.07, 6.45) is 0.249. The lowest BCUT2D eigenvalue weighted by atomic mass is 10.1. The number of carbonyl (C=O) groups is 2. The zero-order valence-corrected chi connectivity index (χ0v) is 9.91. The third-order valence-corrected chi connectivity index (χ3v) is 2.37. The Kier molecular flexibility index (Phi) is 4.51. The third kappa shape index (κ3) is 3.79. The maximum absolute atomic E-state index is 11.7. The van der Waals surface area contributed by atoms with Crippen molar-refractivity contribution in [2.75, 3.05) is 13.6 Å². The largest absolute Gasteiger partial charge is 0.508 e. The van der Waals surface area contributed by atoms with Crippen LogP contribution in [0.25, 0.3) is 0 Å². The van der Waals surface area contributed by atoms with E-state index < -0.39 is 0 Å². The van der Waals surface area contributed by atoms with Gasteiger partial charge in [0.05, 0.1) is 0 Å². The number of aromatic hydroxyl groups is 1. The first-order valence-electron chi connectivity index (χ1n) is 5.33. The molecule has 0 spiro atoms. The number of phenolic OH excluding ortho intramolecular Hbond substituents is 1. The maximum atomic E-state index is 11.7. The van der Waals surface area contributed by atoms with Crippen molar-refractivity contribution in [2.45, 2.75) is 13.3 Å². The molecule has 0 radical (unpaired) electrons. The van der Waals surface area contributed by atoms with Crippen LogP contribution < -0.4 is 10.6 Å². The van der Waals surface area contributed by atoms with Crippen molar-refractivity contribution in [3.63, 3.8) is 0 Å². The van der Waals surface area contributed by atoms with Crippen LogP contribution in [0.4, 0.5) is 0 Å². The molecule has 0 aliphatic carbocycles. The van der Waals surface area contributed by atoms with Crippen molar-refractivity contribution in [1.82, 2.24) is 10.6 Å². The number of carbonyl (C=O) groups excluding carboxylic acids is 2. The average molecular weight is 236 g/mol. The van der Waals surface area contributed by atoms with E-state index in [9.17, 15) is 14.7 Å². The summed E-state index contributed by atoms with van der Waals surface area (Å²) in [4.78, 5) is 22.7. The van der Waals surface area contributed by atoms with Gasteiger partial charge in [-0.3, -0.25) is 9.59 Å². The summed E-state index contributed by atoms with van der Waals surface area (Å²) in [5.41, 5.74) is 1.20. The Balaban J connectivity index is 2.55. The van der Waals surface area contributed by atoms with Crippen LogP contribution in [-0.4, -0.2) is 30.5 Å². The van der Waals surface area contributed by atoms with Crippen molar-refractivity contribution in [3.8, 4) is 5.75 Å². The highest BCUT2D eigenvalue weighted by Gasteiger charge is 2.09. The normalized spacial score (nSPS) is 9.76. The van der Waals surface area contributed by atoms with Crippen LogP contribution in [-0.2, 0) is 4.79 Å². The molecule has 1 rings (SSSR count). The van der Waals surface area contributed by atoms with Crippen molar-refractivity contribution in [2.24, 2.45) is 0 Å². The molecule has 1 aromatic carbocycles. The Morgan fingerprint density at radius 3 is 2.65 bits per heavy atom. The standard InChI is InChI=1S/C12H16N2O3/c1-8-7-9(15)3-4-10(8)12(17)14-6-5-11(16)13-2/h3-4,7,15H,5-6H2,1-2H3,(H,13,16)(H,14,17). The van der Waals surface area contributed by atoms with E-state index in [0.717, 1.165) is 0 Å². The van der Waals surface area contributed by atoms with E-state index in [-0.39, 0.29) is 24.0 Å². The molecule has 0 saturated heterocycles. The van der Waals surface area contributed by atoms with Crippen LogP contribution in [0.1, 0.15) is 22.3 Å². The summed E-state index contributed by atoms with van der Waals surface area (Å²) in [7, 11) is 1.55. The highest BCUT2D eigenvalue weighted by molar-refractivity contribution is 5.96. The van der Waals surface area contributed by atoms with Crippen molar-refractivity contribution < 1.29 is 14.7 Å². The first kappa shape index (κ1) is 13.0. The topological polar surface area (TPSA) is 78.4 Å². The van der Waals surface area contributed by atoms with Gasteiger partial charge < -0.3 is 15.7 Å². The zero-order valence-electron chi connectivity index (χ0n) is 9.91. The van der Waals surface area contributed by atoms with Gasteiger partial charge in [0.1, 0.15) is 5.75 Å². The fourth-order valence-corrected chi connectivity index (χ4v) is 1.41. The van der Waals surface area contributed by atoms with E-state index >= 15 is 0 Å². The van der Waals surface area contributed by atoms with E-state index in [2.05, 4.69) is 10.6 Å². The van der Waals surface area contributed by atoms with Crippen LogP contribution in [0.15, 0.2) is 18.2 Å². The number of hydrogen-bond acceptors (Lipinski definition) is 3. The van der Waals surface area contributed by atoms with E-state index in [1.807, 2.05) is 0 Å². The summed E-state index contributed by atoms with van der Waals surface area (Å²) in [5, 5.41) is 14.3. The molecule has 3 N–H and O–H groups in total. The number of phenols is 1. The number of benzene rings is 1. The molecule has 0 unspecified atom stereocenters. The van der Waals surface area contributed by atoms with Crippen LogP contribution in [0.3, 0.4) is 0 Å². The first-order valence-corrected chi connectivity index (χ1v) is 5.33. The van der Waals surface area contributed by atoms with Gasteiger partial charge in [0.15, 0.2) is 0 Å². The molecule has 0 aliphatic rings. The van der Waals surface area contributed by atoms with E-state index in [1.54, 1.807) is 20.0 Å². The molecule has 5 heteroatoms.